The standard InChI is InChI=1S/C22H29N3O3/c1-6-24(7-2)18-11-12-21(16(3)13-18)23-22(27)15-25(17(4)26)19-9-8-10-20(14-19)28-5/h8-14H,6-7,15H2,1-5H3,(H,23,27). The second-order valence-electron chi connectivity index (χ2n) is 6.53. The van der Waals surface area contributed by atoms with Crippen LogP contribution in [0.2, 0.25) is 0 Å². The van der Waals surface area contributed by atoms with Crippen molar-refractivity contribution in [1.29, 1.82) is 0 Å². The summed E-state index contributed by atoms with van der Waals surface area (Å²) >= 11 is 0. The van der Waals surface area contributed by atoms with Crippen molar-refractivity contribution in [2.45, 2.75) is 27.7 Å². The number of anilines is 3. The molecular weight excluding hydrogens is 354 g/mol. The number of carbonyl (C=O) groups is 2. The van der Waals surface area contributed by atoms with Gasteiger partial charge in [-0.3, -0.25) is 9.59 Å². The Kier molecular flexibility index (Phi) is 7.44. The van der Waals surface area contributed by atoms with Crippen LogP contribution in [0.25, 0.3) is 0 Å². The maximum absolute atomic E-state index is 12.6. The molecule has 6 heteroatoms. The number of nitrogens with one attached hydrogen (secondary N) is 1. The van der Waals surface area contributed by atoms with Crippen molar-refractivity contribution in [3.8, 4) is 5.75 Å². The van der Waals surface area contributed by atoms with Gasteiger partial charge in [0.15, 0.2) is 0 Å². The van der Waals surface area contributed by atoms with Gasteiger partial charge in [-0.1, -0.05) is 6.07 Å². The predicted octanol–water partition coefficient (Wildman–Crippen LogP) is 3.84. The third-order valence-electron chi connectivity index (χ3n) is 4.66. The Bertz CT molecular complexity index is 832. The number of methoxy groups -OCH3 is 1. The maximum atomic E-state index is 12.6. The summed E-state index contributed by atoms with van der Waals surface area (Å²) in [6.45, 7) is 9.42. The van der Waals surface area contributed by atoms with E-state index in [1.807, 2.05) is 19.1 Å². The lowest BCUT2D eigenvalue weighted by atomic mass is 10.1. The molecule has 0 saturated heterocycles. The Hall–Kier alpha value is -3.02. The molecule has 0 radical (unpaired) electrons. The van der Waals surface area contributed by atoms with Crippen LogP contribution in [-0.2, 0) is 9.59 Å². The van der Waals surface area contributed by atoms with E-state index in [0.29, 0.717) is 11.4 Å². The van der Waals surface area contributed by atoms with Gasteiger partial charge < -0.3 is 19.9 Å². The fraction of sp³-hybridized carbons (Fsp3) is 0.364. The molecular formula is C22H29N3O3. The Morgan fingerprint density at radius 2 is 1.75 bits per heavy atom. The Morgan fingerprint density at radius 3 is 2.32 bits per heavy atom. The zero-order valence-electron chi connectivity index (χ0n) is 17.3. The molecule has 0 unspecified atom stereocenters. The molecule has 0 aliphatic heterocycles. The van der Waals surface area contributed by atoms with Crippen LogP contribution in [-0.4, -0.2) is 38.6 Å². The minimum Gasteiger partial charge on any atom is -0.497 e. The fourth-order valence-corrected chi connectivity index (χ4v) is 3.07. The van der Waals surface area contributed by atoms with Crippen LogP contribution in [0.3, 0.4) is 0 Å². The van der Waals surface area contributed by atoms with Crippen molar-refractivity contribution in [2.24, 2.45) is 0 Å². The first-order valence-electron chi connectivity index (χ1n) is 9.47. The van der Waals surface area contributed by atoms with E-state index in [2.05, 4.69) is 30.1 Å². The van der Waals surface area contributed by atoms with Crippen LogP contribution in [0.1, 0.15) is 26.3 Å². The molecule has 28 heavy (non-hydrogen) atoms. The molecule has 2 aromatic rings. The lowest BCUT2D eigenvalue weighted by Crippen LogP contribution is -2.36. The number of benzene rings is 2. The third kappa shape index (κ3) is 5.25. The molecule has 0 saturated carbocycles. The highest BCUT2D eigenvalue weighted by atomic mass is 16.5. The van der Waals surface area contributed by atoms with E-state index in [1.165, 1.54) is 11.8 Å². The van der Waals surface area contributed by atoms with Crippen molar-refractivity contribution >= 4 is 28.9 Å². The molecule has 0 atom stereocenters. The van der Waals surface area contributed by atoms with Crippen molar-refractivity contribution in [1.82, 2.24) is 0 Å². The Labute approximate surface area is 167 Å². The summed E-state index contributed by atoms with van der Waals surface area (Å²) in [5.74, 6) is 0.167. The summed E-state index contributed by atoms with van der Waals surface area (Å²) in [4.78, 5) is 28.4. The van der Waals surface area contributed by atoms with Crippen LogP contribution in [0, 0.1) is 6.92 Å². The maximum Gasteiger partial charge on any atom is 0.244 e. The van der Waals surface area contributed by atoms with Crippen molar-refractivity contribution in [3.05, 3.63) is 48.0 Å². The van der Waals surface area contributed by atoms with Gasteiger partial charge in [0.1, 0.15) is 12.3 Å². The first-order chi connectivity index (χ1) is 13.4. The normalized spacial score (nSPS) is 10.3. The van der Waals surface area contributed by atoms with E-state index in [9.17, 15) is 9.59 Å². The van der Waals surface area contributed by atoms with Crippen molar-refractivity contribution < 1.29 is 14.3 Å². The second-order valence-corrected chi connectivity index (χ2v) is 6.53. The van der Waals surface area contributed by atoms with Crippen LogP contribution in [0.4, 0.5) is 17.1 Å². The highest BCUT2D eigenvalue weighted by Crippen LogP contribution is 2.24. The summed E-state index contributed by atoms with van der Waals surface area (Å²) in [7, 11) is 1.56. The number of amides is 2. The van der Waals surface area contributed by atoms with E-state index >= 15 is 0 Å². The number of rotatable bonds is 8. The van der Waals surface area contributed by atoms with E-state index in [-0.39, 0.29) is 18.4 Å². The minimum atomic E-state index is -0.253. The molecule has 6 nitrogen and oxygen atoms in total. The number of carbonyl (C=O) groups excluding carboxylic acids is 2. The molecule has 0 spiro atoms. The highest BCUT2D eigenvalue weighted by molar-refractivity contribution is 6.02. The first kappa shape index (κ1) is 21.3. The van der Waals surface area contributed by atoms with Crippen LogP contribution < -0.4 is 19.9 Å². The second kappa shape index (κ2) is 9.78. The van der Waals surface area contributed by atoms with E-state index in [4.69, 9.17) is 4.74 Å². The smallest absolute Gasteiger partial charge is 0.244 e. The van der Waals surface area contributed by atoms with Gasteiger partial charge in [0.05, 0.1) is 7.11 Å². The van der Waals surface area contributed by atoms with Gasteiger partial charge in [0.2, 0.25) is 11.8 Å². The van der Waals surface area contributed by atoms with E-state index in [1.54, 1.807) is 31.4 Å². The van der Waals surface area contributed by atoms with Gasteiger partial charge in [-0.15, -0.1) is 0 Å². The van der Waals surface area contributed by atoms with Gasteiger partial charge in [-0.05, 0) is 56.7 Å². The number of ether oxygens (including phenoxy) is 1. The molecule has 1 N–H and O–H groups in total. The zero-order valence-corrected chi connectivity index (χ0v) is 17.3. The van der Waals surface area contributed by atoms with Crippen LogP contribution in [0.15, 0.2) is 42.5 Å². The van der Waals surface area contributed by atoms with E-state index < -0.39 is 0 Å². The summed E-state index contributed by atoms with van der Waals surface area (Å²) in [5, 5.41) is 2.91. The molecule has 2 aromatic carbocycles. The van der Waals surface area contributed by atoms with Gasteiger partial charge in [-0.2, -0.15) is 0 Å². The monoisotopic (exact) mass is 383 g/mol. The lowest BCUT2D eigenvalue weighted by molar-refractivity contribution is -0.120. The summed E-state index contributed by atoms with van der Waals surface area (Å²) < 4.78 is 5.21. The number of hydrogen-bond donors (Lipinski definition) is 1. The van der Waals surface area contributed by atoms with Crippen LogP contribution >= 0.6 is 0 Å². The first-order valence-corrected chi connectivity index (χ1v) is 9.47. The molecule has 0 aromatic heterocycles. The molecule has 0 aliphatic carbocycles. The Morgan fingerprint density at radius 1 is 1.04 bits per heavy atom. The average Bonchev–Trinajstić information content (AvgIpc) is 2.69. The quantitative estimate of drug-likeness (QED) is 0.752. The highest BCUT2D eigenvalue weighted by Gasteiger charge is 2.17. The third-order valence-corrected chi connectivity index (χ3v) is 4.66. The summed E-state index contributed by atoms with van der Waals surface area (Å²) in [5.41, 5.74) is 3.47. The van der Waals surface area contributed by atoms with Gasteiger partial charge in [0.25, 0.3) is 0 Å². The SMILES string of the molecule is CCN(CC)c1ccc(NC(=O)CN(C(C)=O)c2cccc(OC)c2)c(C)c1. The molecule has 2 rings (SSSR count). The lowest BCUT2D eigenvalue weighted by Gasteiger charge is -2.23. The van der Waals surface area contributed by atoms with Gasteiger partial charge in [-0.25, -0.2) is 0 Å². The largest absolute Gasteiger partial charge is 0.497 e. The zero-order chi connectivity index (χ0) is 20.7. The van der Waals surface area contributed by atoms with Crippen molar-refractivity contribution in [3.63, 3.8) is 0 Å². The number of aryl methyl sites for hydroxylation is 1. The van der Waals surface area contributed by atoms with Crippen molar-refractivity contribution in [2.75, 3.05) is 41.9 Å². The average molecular weight is 383 g/mol. The number of nitrogens with zero attached hydrogens (tertiary/aromatic N) is 2. The topological polar surface area (TPSA) is 61.9 Å². The molecule has 0 heterocycles. The molecule has 150 valence electrons. The molecule has 0 bridgehead atoms. The summed E-state index contributed by atoms with van der Waals surface area (Å²) in [6, 6.07) is 13.1. The van der Waals surface area contributed by atoms with E-state index in [0.717, 1.165) is 30.0 Å². The number of hydrogen-bond acceptors (Lipinski definition) is 4. The van der Waals surface area contributed by atoms with Gasteiger partial charge in [0, 0.05) is 43.1 Å². The van der Waals surface area contributed by atoms with Gasteiger partial charge >= 0.3 is 0 Å². The predicted molar refractivity (Wildman–Crippen MR) is 114 cm³/mol. The minimum absolute atomic E-state index is 0.0697. The Balaban J connectivity index is 2.14. The molecule has 0 fully saturated rings. The fourth-order valence-electron chi connectivity index (χ4n) is 3.07. The van der Waals surface area contributed by atoms with Crippen LogP contribution in [0.5, 0.6) is 5.75 Å². The summed E-state index contributed by atoms with van der Waals surface area (Å²) in [6.07, 6.45) is 0. The molecule has 0 aliphatic rings. The molecule has 2 amide bonds.